The highest BCUT2D eigenvalue weighted by atomic mass is 35.5. The van der Waals surface area contributed by atoms with E-state index in [0.717, 1.165) is 23.3 Å². The fraction of sp³-hybridized carbons (Fsp3) is 0.294. The van der Waals surface area contributed by atoms with Gasteiger partial charge in [0.15, 0.2) is 6.61 Å². The molecule has 2 aromatic rings. The van der Waals surface area contributed by atoms with Gasteiger partial charge in [0, 0.05) is 9.90 Å². The van der Waals surface area contributed by atoms with E-state index >= 15 is 0 Å². The van der Waals surface area contributed by atoms with Gasteiger partial charge in [0.25, 0.3) is 5.91 Å². The number of rotatable bonds is 6. The minimum absolute atomic E-state index is 0.358. The van der Waals surface area contributed by atoms with Gasteiger partial charge in [0.1, 0.15) is 4.88 Å². The Balaban J connectivity index is 1.92. The normalized spacial score (nSPS) is 10.5. The van der Waals surface area contributed by atoms with E-state index in [0.29, 0.717) is 20.6 Å². The van der Waals surface area contributed by atoms with Crippen molar-refractivity contribution in [3.8, 4) is 0 Å². The number of amides is 1. The third-order valence-electron chi connectivity index (χ3n) is 3.28. The van der Waals surface area contributed by atoms with Crippen LogP contribution < -0.4 is 5.32 Å². The average molecular weight is 386 g/mol. The number of carbonyl (C=O) groups is 2. The SMILES string of the molecule is CCCc1cc(C(=O)OCC(=O)Nc2cc(Cl)ccc2Cl)sc1C. The molecule has 0 atom stereocenters. The predicted molar refractivity (Wildman–Crippen MR) is 98.4 cm³/mol. The molecule has 1 aromatic heterocycles. The molecule has 0 aliphatic carbocycles. The van der Waals surface area contributed by atoms with Crippen LogP contribution in [0, 0.1) is 6.92 Å². The molecule has 2 rings (SSSR count). The van der Waals surface area contributed by atoms with Crippen LogP contribution in [0.1, 0.15) is 33.5 Å². The third-order valence-corrected chi connectivity index (χ3v) is 4.92. The summed E-state index contributed by atoms with van der Waals surface area (Å²) in [6.07, 6.45) is 1.93. The van der Waals surface area contributed by atoms with Crippen LogP contribution in [0.4, 0.5) is 5.69 Å². The molecule has 0 aliphatic heterocycles. The van der Waals surface area contributed by atoms with E-state index in [1.165, 1.54) is 17.4 Å². The molecule has 0 fully saturated rings. The van der Waals surface area contributed by atoms with Crippen molar-refractivity contribution < 1.29 is 14.3 Å². The van der Waals surface area contributed by atoms with Gasteiger partial charge in [-0.2, -0.15) is 0 Å². The summed E-state index contributed by atoms with van der Waals surface area (Å²) in [4.78, 5) is 25.6. The minimum atomic E-state index is -0.502. The zero-order chi connectivity index (χ0) is 17.7. The molecule has 24 heavy (non-hydrogen) atoms. The molecule has 0 saturated heterocycles. The molecule has 0 saturated carbocycles. The Morgan fingerprint density at radius 2 is 2.00 bits per heavy atom. The van der Waals surface area contributed by atoms with Crippen LogP contribution in [0.5, 0.6) is 0 Å². The second-order valence-corrected chi connectivity index (χ2v) is 7.29. The van der Waals surface area contributed by atoms with Crippen LogP contribution in [0.2, 0.25) is 10.0 Å². The van der Waals surface area contributed by atoms with Crippen LogP contribution in [-0.4, -0.2) is 18.5 Å². The summed E-state index contributed by atoms with van der Waals surface area (Å²) < 4.78 is 5.06. The number of nitrogens with one attached hydrogen (secondary N) is 1. The Morgan fingerprint density at radius 3 is 2.71 bits per heavy atom. The Morgan fingerprint density at radius 1 is 1.25 bits per heavy atom. The molecular formula is C17H17Cl2NO3S. The second-order valence-electron chi connectivity index (χ2n) is 5.19. The summed E-state index contributed by atoms with van der Waals surface area (Å²) in [6.45, 7) is 3.67. The molecule has 7 heteroatoms. The molecule has 1 amide bonds. The molecule has 4 nitrogen and oxygen atoms in total. The summed E-state index contributed by atoms with van der Waals surface area (Å²) in [5.41, 5.74) is 1.52. The lowest BCUT2D eigenvalue weighted by atomic mass is 10.1. The van der Waals surface area contributed by atoms with E-state index in [-0.39, 0.29) is 6.61 Å². The van der Waals surface area contributed by atoms with Crippen molar-refractivity contribution in [2.75, 3.05) is 11.9 Å². The Bertz CT molecular complexity index is 758. The number of benzene rings is 1. The van der Waals surface area contributed by atoms with Gasteiger partial charge < -0.3 is 10.1 Å². The maximum atomic E-state index is 12.1. The van der Waals surface area contributed by atoms with Gasteiger partial charge in [0.2, 0.25) is 0 Å². The Kier molecular flexibility index (Phi) is 6.66. The lowest BCUT2D eigenvalue weighted by Crippen LogP contribution is -2.20. The summed E-state index contributed by atoms with van der Waals surface area (Å²) in [6, 6.07) is 6.56. The van der Waals surface area contributed by atoms with E-state index in [9.17, 15) is 9.59 Å². The fourth-order valence-electron chi connectivity index (χ4n) is 2.12. The van der Waals surface area contributed by atoms with E-state index in [4.69, 9.17) is 27.9 Å². The van der Waals surface area contributed by atoms with Gasteiger partial charge in [-0.25, -0.2) is 4.79 Å². The predicted octanol–water partition coefficient (Wildman–Crippen LogP) is 5.11. The number of thiophene rings is 1. The fourth-order valence-corrected chi connectivity index (χ4v) is 3.42. The summed E-state index contributed by atoms with van der Waals surface area (Å²) in [5.74, 6) is -0.979. The zero-order valence-corrected chi connectivity index (χ0v) is 15.6. The van der Waals surface area contributed by atoms with Gasteiger partial charge in [-0.05, 0) is 43.2 Å². The summed E-state index contributed by atoms with van der Waals surface area (Å²) in [7, 11) is 0. The lowest BCUT2D eigenvalue weighted by Gasteiger charge is -2.08. The molecule has 0 radical (unpaired) electrons. The highest BCUT2D eigenvalue weighted by Gasteiger charge is 2.15. The van der Waals surface area contributed by atoms with Crippen molar-refractivity contribution in [3.05, 3.63) is 49.6 Å². The molecule has 0 bridgehead atoms. The topological polar surface area (TPSA) is 55.4 Å². The number of hydrogen-bond acceptors (Lipinski definition) is 4. The number of hydrogen-bond donors (Lipinski definition) is 1. The van der Waals surface area contributed by atoms with Crippen molar-refractivity contribution in [2.24, 2.45) is 0 Å². The maximum absolute atomic E-state index is 12.1. The highest BCUT2D eigenvalue weighted by molar-refractivity contribution is 7.14. The average Bonchev–Trinajstić information content (AvgIpc) is 2.90. The number of carbonyl (C=O) groups excluding carboxylic acids is 2. The Labute approximate surface area is 154 Å². The minimum Gasteiger partial charge on any atom is -0.451 e. The van der Waals surface area contributed by atoms with Gasteiger partial charge in [-0.15, -0.1) is 11.3 Å². The number of esters is 1. The summed E-state index contributed by atoms with van der Waals surface area (Å²) in [5, 5.41) is 3.37. The van der Waals surface area contributed by atoms with Crippen LogP contribution in [0.3, 0.4) is 0 Å². The van der Waals surface area contributed by atoms with E-state index in [2.05, 4.69) is 12.2 Å². The first-order valence-corrected chi connectivity index (χ1v) is 8.99. The van der Waals surface area contributed by atoms with E-state index in [1.54, 1.807) is 12.1 Å². The quantitative estimate of drug-likeness (QED) is 0.702. The van der Waals surface area contributed by atoms with Gasteiger partial charge in [-0.1, -0.05) is 36.5 Å². The van der Waals surface area contributed by atoms with Crippen molar-refractivity contribution in [3.63, 3.8) is 0 Å². The lowest BCUT2D eigenvalue weighted by molar-refractivity contribution is -0.119. The monoisotopic (exact) mass is 385 g/mol. The maximum Gasteiger partial charge on any atom is 0.348 e. The van der Waals surface area contributed by atoms with Gasteiger partial charge >= 0.3 is 5.97 Å². The standard InChI is InChI=1S/C17H17Cl2NO3S/c1-3-4-11-7-15(24-10(11)2)17(22)23-9-16(21)20-14-8-12(18)5-6-13(14)19/h5-8H,3-4,9H2,1-2H3,(H,20,21). The van der Waals surface area contributed by atoms with E-state index in [1.807, 2.05) is 13.0 Å². The van der Waals surface area contributed by atoms with Crippen LogP contribution in [0.15, 0.2) is 24.3 Å². The van der Waals surface area contributed by atoms with Crippen molar-refractivity contribution >= 4 is 52.1 Å². The third kappa shape index (κ3) is 4.97. The summed E-state index contributed by atoms with van der Waals surface area (Å²) >= 11 is 13.2. The number of ether oxygens (including phenoxy) is 1. The molecule has 0 aliphatic rings. The molecule has 0 spiro atoms. The molecule has 128 valence electrons. The highest BCUT2D eigenvalue weighted by Crippen LogP contribution is 2.26. The van der Waals surface area contributed by atoms with Crippen LogP contribution >= 0.6 is 34.5 Å². The smallest absolute Gasteiger partial charge is 0.348 e. The molecule has 1 heterocycles. The largest absolute Gasteiger partial charge is 0.451 e. The van der Waals surface area contributed by atoms with Crippen molar-refractivity contribution in [2.45, 2.75) is 26.7 Å². The second kappa shape index (κ2) is 8.51. The molecule has 0 unspecified atom stereocenters. The first-order valence-electron chi connectivity index (χ1n) is 7.42. The van der Waals surface area contributed by atoms with Crippen LogP contribution in [0.25, 0.3) is 0 Å². The van der Waals surface area contributed by atoms with Crippen LogP contribution in [-0.2, 0) is 16.0 Å². The van der Waals surface area contributed by atoms with E-state index < -0.39 is 11.9 Å². The number of halogens is 2. The number of anilines is 1. The molecular weight excluding hydrogens is 369 g/mol. The Hall–Kier alpha value is -1.56. The zero-order valence-electron chi connectivity index (χ0n) is 13.3. The van der Waals surface area contributed by atoms with Gasteiger partial charge in [-0.3, -0.25) is 4.79 Å². The first kappa shape index (κ1) is 18.8. The van der Waals surface area contributed by atoms with Crippen molar-refractivity contribution in [1.82, 2.24) is 0 Å². The molecule has 1 N–H and O–H groups in total. The first-order chi connectivity index (χ1) is 11.4. The van der Waals surface area contributed by atoms with Gasteiger partial charge in [0.05, 0.1) is 10.7 Å². The number of aryl methyl sites for hydroxylation is 2. The van der Waals surface area contributed by atoms with Crippen molar-refractivity contribution in [1.29, 1.82) is 0 Å². The molecule has 1 aromatic carbocycles.